The van der Waals surface area contributed by atoms with E-state index in [4.69, 9.17) is 4.18 Å². The number of benzene rings is 1. The van der Waals surface area contributed by atoms with Crippen molar-refractivity contribution in [3.8, 4) is 5.75 Å². The van der Waals surface area contributed by atoms with E-state index in [1.54, 1.807) is 12.1 Å². The van der Waals surface area contributed by atoms with Crippen LogP contribution in [0.4, 0.5) is 0 Å². The number of carbonyl (C=O) groups excluding carboxylic acids is 1. The number of carbonyl (C=O) groups is 1. The van der Waals surface area contributed by atoms with Gasteiger partial charge in [-0.3, -0.25) is 0 Å². The molecule has 0 heterocycles. The van der Waals surface area contributed by atoms with Crippen molar-refractivity contribution >= 4 is 17.6 Å². The van der Waals surface area contributed by atoms with Crippen molar-refractivity contribution in [1.29, 1.82) is 0 Å². The summed E-state index contributed by atoms with van der Waals surface area (Å²) >= 11 is -1.55. The zero-order valence-corrected chi connectivity index (χ0v) is 12.1. The van der Waals surface area contributed by atoms with Crippen molar-refractivity contribution in [3.63, 3.8) is 0 Å². The van der Waals surface area contributed by atoms with E-state index in [0.717, 1.165) is 12.7 Å². The maximum atomic E-state index is 12.1. The van der Waals surface area contributed by atoms with Crippen LogP contribution in [0.25, 0.3) is 0 Å². The van der Waals surface area contributed by atoms with Crippen LogP contribution in [0.5, 0.6) is 5.75 Å². The zero-order chi connectivity index (χ0) is 13.9. The lowest BCUT2D eigenvalue weighted by atomic mass is 9.83. The summed E-state index contributed by atoms with van der Waals surface area (Å²) in [5.74, 6) is 2.05. The average Bonchev–Trinajstić information content (AvgIpc) is 3.03. The van der Waals surface area contributed by atoms with Gasteiger partial charge in [-0.05, 0) is 49.1 Å². The van der Waals surface area contributed by atoms with Crippen molar-refractivity contribution in [2.45, 2.75) is 31.7 Å². The third-order valence-corrected chi connectivity index (χ3v) is 5.41. The number of fused-ring (bicyclic) bond motifs is 2. The average molecular weight is 293 g/mol. The van der Waals surface area contributed by atoms with E-state index >= 15 is 0 Å². The second-order valence-corrected chi connectivity index (χ2v) is 6.55. The predicted octanol–water partition coefficient (Wildman–Crippen LogP) is 2.24. The molecule has 0 aromatic heterocycles. The molecule has 108 valence electrons. The fraction of sp³-hybridized carbons (Fsp3) is 0.533. The second kappa shape index (κ2) is 6.06. The number of hydrogen-bond acceptors (Lipinski definition) is 3. The fourth-order valence-electron chi connectivity index (χ4n) is 3.74. The van der Waals surface area contributed by atoms with Gasteiger partial charge in [-0.25, -0.2) is 4.72 Å². The van der Waals surface area contributed by atoms with Crippen LogP contribution in [0, 0.1) is 17.8 Å². The summed E-state index contributed by atoms with van der Waals surface area (Å²) in [7, 11) is 0. The Morgan fingerprint density at radius 2 is 2.00 bits per heavy atom. The Bertz CT molecular complexity index is 493. The molecule has 5 heteroatoms. The SMILES string of the molecule is O=CC[C@@H]1C(NS(=O)Oc2ccccc2)[C@@H]2CC[C@H]1C2. The summed E-state index contributed by atoms with van der Waals surface area (Å²) in [6, 6.07) is 9.29. The quantitative estimate of drug-likeness (QED) is 0.818. The van der Waals surface area contributed by atoms with Gasteiger partial charge in [0, 0.05) is 12.5 Å². The summed E-state index contributed by atoms with van der Waals surface area (Å²) < 4.78 is 20.6. The maximum absolute atomic E-state index is 12.1. The summed E-state index contributed by atoms with van der Waals surface area (Å²) in [5.41, 5.74) is 0. The zero-order valence-electron chi connectivity index (χ0n) is 11.2. The van der Waals surface area contributed by atoms with Crippen LogP contribution in [-0.4, -0.2) is 16.5 Å². The van der Waals surface area contributed by atoms with Crippen LogP contribution < -0.4 is 8.91 Å². The van der Waals surface area contributed by atoms with E-state index in [9.17, 15) is 9.00 Å². The first-order valence-electron chi connectivity index (χ1n) is 7.13. The molecule has 0 saturated heterocycles. The standard InChI is InChI=1S/C15H19NO3S/c17-9-8-14-11-6-7-12(10-11)15(14)16-20(18)19-13-4-2-1-3-5-13/h1-5,9,11-12,14-16H,6-8,10H2/t11-,12+,14-,15?,20?/m0/s1. The molecule has 1 N–H and O–H groups in total. The van der Waals surface area contributed by atoms with E-state index < -0.39 is 11.3 Å². The Morgan fingerprint density at radius 3 is 2.75 bits per heavy atom. The van der Waals surface area contributed by atoms with Crippen LogP contribution in [-0.2, 0) is 16.1 Å². The number of hydrogen-bond donors (Lipinski definition) is 1. The summed E-state index contributed by atoms with van der Waals surface area (Å²) in [4.78, 5) is 10.8. The molecule has 1 aromatic carbocycles. The molecule has 2 unspecified atom stereocenters. The van der Waals surface area contributed by atoms with Crippen LogP contribution in [0.2, 0.25) is 0 Å². The van der Waals surface area contributed by atoms with Gasteiger partial charge in [-0.1, -0.05) is 18.2 Å². The van der Waals surface area contributed by atoms with Gasteiger partial charge in [-0.15, -0.1) is 0 Å². The highest BCUT2D eigenvalue weighted by atomic mass is 32.2. The van der Waals surface area contributed by atoms with Crippen LogP contribution >= 0.6 is 0 Å². The van der Waals surface area contributed by atoms with Gasteiger partial charge in [0.15, 0.2) is 0 Å². The maximum Gasteiger partial charge on any atom is 0.288 e. The van der Waals surface area contributed by atoms with E-state index in [1.165, 1.54) is 12.8 Å². The van der Waals surface area contributed by atoms with Crippen LogP contribution in [0.15, 0.2) is 30.3 Å². The molecule has 2 bridgehead atoms. The van der Waals surface area contributed by atoms with Gasteiger partial charge in [0.05, 0.1) is 0 Å². The summed E-state index contributed by atoms with van der Waals surface area (Å²) in [5, 5.41) is 0. The first-order valence-corrected chi connectivity index (χ1v) is 8.20. The molecule has 2 saturated carbocycles. The Morgan fingerprint density at radius 1 is 1.25 bits per heavy atom. The molecule has 2 aliphatic carbocycles. The van der Waals surface area contributed by atoms with Crippen molar-refractivity contribution in [2.24, 2.45) is 17.8 Å². The minimum Gasteiger partial charge on any atom is -0.389 e. The molecule has 0 spiro atoms. The molecule has 2 aliphatic rings. The highest BCUT2D eigenvalue weighted by Gasteiger charge is 2.47. The van der Waals surface area contributed by atoms with Crippen molar-refractivity contribution in [1.82, 2.24) is 4.72 Å². The fourth-order valence-corrected chi connectivity index (χ4v) is 4.67. The Balaban J connectivity index is 1.61. The minimum absolute atomic E-state index is 0.142. The molecule has 5 atom stereocenters. The van der Waals surface area contributed by atoms with Crippen molar-refractivity contribution in [2.75, 3.05) is 0 Å². The third kappa shape index (κ3) is 2.79. The van der Waals surface area contributed by atoms with Gasteiger partial charge in [0.2, 0.25) is 0 Å². The second-order valence-electron chi connectivity index (χ2n) is 5.67. The van der Waals surface area contributed by atoms with Crippen LogP contribution in [0.3, 0.4) is 0 Å². The number of para-hydroxylation sites is 1. The molecule has 0 radical (unpaired) electrons. The Hall–Kier alpha value is -1.20. The first-order chi connectivity index (χ1) is 9.78. The van der Waals surface area contributed by atoms with Gasteiger partial charge in [0.1, 0.15) is 12.0 Å². The molecule has 0 aliphatic heterocycles. The molecule has 1 aromatic rings. The lowest BCUT2D eigenvalue weighted by Gasteiger charge is -2.29. The van der Waals surface area contributed by atoms with E-state index in [1.807, 2.05) is 18.2 Å². The van der Waals surface area contributed by atoms with Gasteiger partial charge < -0.3 is 8.98 Å². The largest absolute Gasteiger partial charge is 0.389 e. The first kappa shape index (κ1) is 13.8. The van der Waals surface area contributed by atoms with Gasteiger partial charge in [-0.2, -0.15) is 4.21 Å². The normalized spacial score (nSPS) is 33.0. The number of aldehydes is 1. The monoisotopic (exact) mass is 293 g/mol. The van der Waals surface area contributed by atoms with Crippen molar-refractivity contribution < 1.29 is 13.2 Å². The van der Waals surface area contributed by atoms with E-state index in [2.05, 4.69) is 4.72 Å². The smallest absolute Gasteiger partial charge is 0.288 e. The molecule has 3 rings (SSSR count). The van der Waals surface area contributed by atoms with Crippen LogP contribution in [0.1, 0.15) is 25.7 Å². The molecule has 0 amide bonds. The Kier molecular flexibility index (Phi) is 4.17. The third-order valence-electron chi connectivity index (χ3n) is 4.60. The number of nitrogens with one attached hydrogen (secondary N) is 1. The van der Waals surface area contributed by atoms with Gasteiger partial charge >= 0.3 is 0 Å². The summed E-state index contributed by atoms with van der Waals surface area (Å²) in [6.07, 6.45) is 5.06. The highest BCUT2D eigenvalue weighted by Crippen LogP contribution is 2.49. The predicted molar refractivity (Wildman–Crippen MR) is 77.1 cm³/mol. The molecule has 20 heavy (non-hydrogen) atoms. The Labute approximate surface area is 121 Å². The minimum atomic E-state index is -1.55. The molecular formula is C15H19NO3S. The lowest BCUT2D eigenvalue weighted by Crippen LogP contribution is -2.43. The molecule has 2 fully saturated rings. The lowest BCUT2D eigenvalue weighted by molar-refractivity contribution is -0.109. The van der Waals surface area contributed by atoms with E-state index in [-0.39, 0.29) is 6.04 Å². The topological polar surface area (TPSA) is 55.4 Å². The molecule has 4 nitrogen and oxygen atoms in total. The number of rotatable bonds is 6. The van der Waals surface area contributed by atoms with Crippen molar-refractivity contribution in [3.05, 3.63) is 30.3 Å². The molecular weight excluding hydrogens is 274 g/mol. The van der Waals surface area contributed by atoms with Gasteiger partial charge in [0.25, 0.3) is 11.3 Å². The van der Waals surface area contributed by atoms with E-state index in [0.29, 0.717) is 29.9 Å². The summed E-state index contributed by atoms with van der Waals surface area (Å²) in [6.45, 7) is 0. The highest BCUT2D eigenvalue weighted by molar-refractivity contribution is 7.78.